The van der Waals surface area contributed by atoms with E-state index in [0.717, 1.165) is 38.5 Å². The molecule has 5 nitrogen and oxygen atoms in total. The fraction of sp³-hybridized carbons (Fsp3) is 0. The fourth-order valence-corrected chi connectivity index (χ4v) is 4.23. The molecule has 4 aromatic carbocycles. The number of aromatic nitrogens is 2. The molecule has 0 aliphatic carbocycles. The van der Waals surface area contributed by atoms with Crippen molar-refractivity contribution in [3.8, 4) is 22.6 Å². The lowest BCUT2D eigenvalue weighted by molar-refractivity contribution is 0.425. The molecule has 152 valence electrons. The first-order valence-electron chi connectivity index (χ1n) is 10.3. The van der Waals surface area contributed by atoms with Crippen molar-refractivity contribution in [3.05, 3.63) is 91.0 Å². The van der Waals surface area contributed by atoms with E-state index in [1.807, 2.05) is 78.9 Å². The first-order valence-corrected chi connectivity index (χ1v) is 10.3. The van der Waals surface area contributed by atoms with Crippen LogP contribution in [0, 0.1) is 0 Å². The maximum absolute atomic E-state index is 9.78. The standard InChI is InChI=1S/C26H17BN2O3/c30-27(31)21-14-7-12-18-17-11-6-13-20(24(17)32-25(18)21)26-28-22-15-5-4-10-19(22)23(29-26)16-8-2-1-3-9-16/h1-15,30-31H. The van der Waals surface area contributed by atoms with Gasteiger partial charge in [0, 0.05) is 27.2 Å². The van der Waals surface area contributed by atoms with Crippen molar-refractivity contribution in [2.24, 2.45) is 0 Å². The van der Waals surface area contributed by atoms with E-state index >= 15 is 0 Å². The Labute approximate surface area is 183 Å². The van der Waals surface area contributed by atoms with Gasteiger partial charge in [-0.05, 0) is 12.1 Å². The third kappa shape index (κ3) is 2.89. The van der Waals surface area contributed by atoms with E-state index in [2.05, 4.69) is 0 Å². The Morgan fingerprint density at radius 1 is 0.625 bits per heavy atom. The molecule has 6 aromatic rings. The second kappa shape index (κ2) is 7.30. The highest BCUT2D eigenvalue weighted by molar-refractivity contribution is 6.61. The maximum atomic E-state index is 9.78. The van der Waals surface area contributed by atoms with Crippen LogP contribution in [0.5, 0.6) is 0 Å². The van der Waals surface area contributed by atoms with Crippen LogP contribution in [0.4, 0.5) is 0 Å². The molecule has 0 aliphatic rings. The zero-order valence-electron chi connectivity index (χ0n) is 16.9. The maximum Gasteiger partial charge on any atom is 0.492 e. The summed E-state index contributed by atoms with van der Waals surface area (Å²) in [4.78, 5) is 9.79. The molecule has 0 aliphatic heterocycles. The lowest BCUT2D eigenvalue weighted by atomic mass is 9.79. The van der Waals surface area contributed by atoms with Gasteiger partial charge in [0.2, 0.25) is 0 Å². The van der Waals surface area contributed by atoms with E-state index in [0.29, 0.717) is 22.5 Å². The van der Waals surface area contributed by atoms with Crippen molar-refractivity contribution in [1.82, 2.24) is 9.97 Å². The van der Waals surface area contributed by atoms with Crippen LogP contribution in [0.15, 0.2) is 95.4 Å². The number of para-hydroxylation sites is 3. The quantitative estimate of drug-likeness (QED) is 0.414. The number of furan rings is 1. The zero-order chi connectivity index (χ0) is 21.7. The van der Waals surface area contributed by atoms with Crippen molar-refractivity contribution >= 4 is 45.4 Å². The van der Waals surface area contributed by atoms with Crippen LogP contribution < -0.4 is 5.46 Å². The van der Waals surface area contributed by atoms with Gasteiger partial charge < -0.3 is 14.5 Å². The molecule has 0 atom stereocenters. The van der Waals surface area contributed by atoms with Crippen LogP contribution in [-0.4, -0.2) is 27.1 Å². The zero-order valence-corrected chi connectivity index (χ0v) is 16.9. The fourth-order valence-electron chi connectivity index (χ4n) is 4.23. The van der Waals surface area contributed by atoms with E-state index in [4.69, 9.17) is 14.4 Å². The molecule has 0 saturated carbocycles. The predicted octanol–water partition coefficient (Wildman–Crippen LogP) is 4.54. The summed E-state index contributed by atoms with van der Waals surface area (Å²) >= 11 is 0. The van der Waals surface area contributed by atoms with Gasteiger partial charge in [-0.15, -0.1) is 0 Å². The van der Waals surface area contributed by atoms with Gasteiger partial charge in [-0.1, -0.05) is 78.9 Å². The van der Waals surface area contributed by atoms with Crippen molar-refractivity contribution in [2.45, 2.75) is 0 Å². The lowest BCUT2D eigenvalue weighted by Gasteiger charge is -2.09. The molecule has 0 spiro atoms. The van der Waals surface area contributed by atoms with Crippen LogP contribution in [-0.2, 0) is 0 Å². The number of fused-ring (bicyclic) bond motifs is 4. The Bertz CT molecular complexity index is 1610. The minimum absolute atomic E-state index is 0.328. The third-order valence-corrected chi connectivity index (χ3v) is 5.72. The molecule has 0 bridgehead atoms. The second-order valence-corrected chi connectivity index (χ2v) is 7.66. The highest BCUT2D eigenvalue weighted by atomic mass is 16.4. The largest absolute Gasteiger partial charge is 0.492 e. The minimum atomic E-state index is -1.62. The SMILES string of the molecule is OB(O)c1cccc2c1oc1c(-c3nc(-c4ccccc4)c4ccccc4n3)cccc12. The van der Waals surface area contributed by atoms with E-state index < -0.39 is 7.12 Å². The molecule has 2 aromatic heterocycles. The van der Waals surface area contributed by atoms with Crippen LogP contribution in [0.2, 0.25) is 0 Å². The van der Waals surface area contributed by atoms with Crippen LogP contribution in [0.3, 0.4) is 0 Å². The van der Waals surface area contributed by atoms with Crippen LogP contribution >= 0.6 is 0 Å². The molecule has 0 amide bonds. The summed E-state index contributed by atoms with van der Waals surface area (Å²) in [5.74, 6) is 0.554. The van der Waals surface area contributed by atoms with Gasteiger partial charge in [0.05, 0.1) is 16.8 Å². The average molecular weight is 416 g/mol. The molecule has 6 rings (SSSR count). The smallest absolute Gasteiger partial charge is 0.456 e. The Hall–Kier alpha value is -4.00. The Kier molecular flexibility index (Phi) is 4.28. The first-order chi connectivity index (χ1) is 15.7. The van der Waals surface area contributed by atoms with Gasteiger partial charge in [0.25, 0.3) is 0 Å². The normalized spacial score (nSPS) is 11.4. The number of hydrogen-bond donors (Lipinski definition) is 2. The first kappa shape index (κ1) is 18.7. The highest BCUT2D eigenvalue weighted by Gasteiger charge is 2.21. The number of rotatable bonds is 3. The van der Waals surface area contributed by atoms with Gasteiger partial charge in [-0.25, -0.2) is 9.97 Å². The Morgan fingerprint density at radius 3 is 2.12 bits per heavy atom. The molecule has 6 heteroatoms. The summed E-state index contributed by atoms with van der Waals surface area (Å²) < 4.78 is 6.19. The number of hydrogen-bond acceptors (Lipinski definition) is 5. The van der Waals surface area contributed by atoms with E-state index in [9.17, 15) is 10.0 Å². The van der Waals surface area contributed by atoms with Crippen LogP contribution in [0.1, 0.15) is 0 Å². The topological polar surface area (TPSA) is 79.4 Å². The predicted molar refractivity (Wildman–Crippen MR) is 128 cm³/mol. The third-order valence-electron chi connectivity index (χ3n) is 5.72. The van der Waals surface area contributed by atoms with Gasteiger partial charge in [0.1, 0.15) is 11.2 Å². The summed E-state index contributed by atoms with van der Waals surface area (Å²) in [5.41, 5.74) is 4.85. The van der Waals surface area contributed by atoms with Gasteiger partial charge >= 0.3 is 7.12 Å². The molecular formula is C26H17BN2O3. The average Bonchev–Trinajstić information content (AvgIpc) is 3.22. The lowest BCUT2D eigenvalue weighted by Crippen LogP contribution is -2.29. The number of benzene rings is 4. The van der Waals surface area contributed by atoms with Crippen molar-refractivity contribution in [2.75, 3.05) is 0 Å². The van der Waals surface area contributed by atoms with Gasteiger partial charge in [-0.3, -0.25) is 0 Å². The Balaban J connectivity index is 1.67. The summed E-state index contributed by atoms with van der Waals surface area (Å²) in [6.45, 7) is 0. The summed E-state index contributed by atoms with van der Waals surface area (Å²) in [6.07, 6.45) is 0. The molecule has 32 heavy (non-hydrogen) atoms. The van der Waals surface area contributed by atoms with Crippen molar-refractivity contribution in [1.29, 1.82) is 0 Å². The monoisotopic (exact) mass is 416 g/mol. The molecule has 0 saturated heterocycles. The second-order valence-electron chi connectivity index (χ2n) is 7.66. The molecule has 0 unspecified atom stereocenters. The van der Waals surface area contributed by atoms with Gasteiger partial charge in [-0.2, -0.15) is 0 Å². The Morgan fingerprint density at radius 2 is 1.31 bits per heavy atom. The highest BCUT2D eigenvalue weighted by Crippen LogP contribution is 2.36. The van der Waals surface area contributed by atoms with E-state index in [-0.39, 0.29) is 0 Å². The van der Waals surface area contributed by atoms with Crippen molar-refractivity contribution in [3.63, 3.8) is 0 Å². The molecule has 0 radical (unpaired) electrons. The number of nitrogens with zero attached hydrogens (tertiary/aromatic N) is 2. The summed E-state index contributed by atoms with van der Waals surface area (Å²) in [7, 11) is -1.62. The molecule has 2 heterocycles. The summed E-state index contributed by atoms with van der Waals surface area (Å²) in [6, 6.07) is 29.2. The van der Waals surface area contributed by atoms with Gasteiger partial charge in [0.15, 0.2) is 5.82 Å². The van der Waals surface area contributed by atoms with E-state index in [1.54, 1.807) is 12.1 Å². The summed E-state index contributed by atoms with van der Waals surface area (Å²) in [5, 5.41) is 22.2. The molecule has 0 fully saturated rings. The van der Waals surface area contributed by atoms with E-state index in [1.165, 1.54) is 0 Å². The molecular weight excluding hydrogens is 399 g/mol. The van der Waals surface area contributed by atoms with Crippen molar-refractivity contribution < 1.29 is 14.5 Å². The van der Waals surface area contributed by atoms with Crippen LogP contribution in [0.25, 0.3) is 55.5 Å². The minimum Gasteiger partial charge on any atom is -0.456 e. The molecule has 2 N–H and O–H groups in total.